The van der Waals surface area contributed by atoms with E-state index in [2.05, 4.69) is 17.6 Å². The van der Waals surface area contributed by atoms with Crippen molar-refractivity contribution in [1.82, 2.24) is 5.32 Å². The summed E-state index contributed by atoms with van der Waals surface area (Å²) in [6.07, 6.45) is 5.14. The summed E-state index contributed by atoms with van der Waals surface area (Å²) in [6.45, 7) is 2.89. The summed E-state index contributed by atoms with van der Waals surface area (Å²) in [6, 6.07) is 22.8. The number of urea groups is 1. The Labute approximate surface area is 227 Å². The molecule has 0 aliphatic carbocycles. The molecule has 2 N–H and O–H groups in total. The predicted molar refractivity (Wildman–Crippen MR) is 154 cm³/mol. The summed E-state index contributed by atoms with van der Waals surface area (Å²) in [5.41, 5.74) is 4.40. The molecule has 4 rings (SSSR count). The molecule has 1 atom stereocenters. The Morgan fingerprint density at radius 3 is 2.42 bits per heavy atom. The van der Waals surface area contributed by atoms with Gasteiger partial charge in [0.15, 0.2) is 0 Å². The zero-order chi connectivity index (χ0) is 26.9. The second-order valence-electron chi connectivity index (χ2n) is 9.26. The van der Waals surface area contributed by atoms with Crippen molar-refractivity contribution in [1.29, 1.82) is 0 Å². The van der Waals surface area contributed by atoms with E-state index >= 15 is 0 Å². The molecule has 0 radical (unpaired) electrons. The molecule has 0 bridgehead atoms. The van der Waals surface area contributed by atoms with Crippen LogP contribution >= 0.6 is 11.8 Å². The third kappa shape index (κ3) is 7.38. The lowest BCUT2D eigenvalue weighted by Crippen LogP contribution is -2.31. The zero-order valence-electron chi connectivity index (χ0n) is 21.7. The lowest BCUT2D eigenvalue weighted by molar-refractivity contribution is -0.118. The first kappa shape index (κ1) is 27.3. The Morgan fingerprint density at radius 1 is 0.974 bits per heavy atom. The first-order valence-corrected chi connectivity index (χ1v) is 13.8. The van der Waals surface area contributed by atoms with Gasteiger partial charge >= 0.3 is 6.03 Å². The number of hydrogen-bond donors (Lipinski definition) is 2. The summed E-state index contributed by atoms with van der Waals surface area (Å²) >= 11 is 1.03. The highest BCUT2D eigenvalue weighted by molar-refractivity contribution is 8.15. The lowest BCUT2D eigenvalue weighted by atomic mass is 10.0. The van der Waals surface area contributed by atoms with Gasteiger partial charge in [0.05, 0.1) is 11.9 Å². The van der Waals surface area contributed by atoms with E-state index in [4.69, 9.17) is 4.74 Å². The summed E-state index contributed by atoms with van der Waals surface area (Å²) in [5, 5.41) is 4.58. The van der Waals surface area contributed by atoms with Gasteiger partial charge in [0.2, 0.25) is 5.91 Å². The van der Waals surface area contributed by atoms with Crippen molar-refractivity contribution in [2.75, 3.05) is 23.9 Å². The number of imide groups is 1. The van der Waals surface area contributed by atoms with Crippen molar-refractivity contribution in [3.8, 4) is 16.9 Å². The first-order chi connectivity index (χ1) is 18.4. The quantitative estimate of drug-likeness (QED) is 0.264. The van der Waals surface area contributed by atoms with Crippen LogP contribution < -0.4 is 20.3 Å². The number of nitrogens with zero attached hydrogens (tertiary/aromatic N) is 1. The smallest absolute Gasteiger partial charge is 0.326 e. The second kappa shape index (κ2) is 13.1. The number of thioether (sulfide) groups is 1. The van der Waals surface area contributed by atoms with Crippen molar-refractivity contribution in [3.63, 3.8) is 0 Å². The van der Waals surface area contributed by atoms with E-state index in [1.807, 2.05) is 72.8 Å². The molecule has 3 aromatic rings. The normalized spacial score (nSPS) is 14.7. The molecule has 4 amide bonds. The fourth-order valence-electron chi connectivity index (χ4n) is 4.15. The molecule has 1 unspecified atom stereocenters. The molecule has 198 valence electrons. The van der Waals surface area contributed by atoms with E-state index in [0.717, 1.165) is 46.3 Å². The molecular formula is C30H33N3O4S. The summed E-state index contributed by atoms with van der Waals surface area (Å²) in [7, 11) is 1.73. The highest BCUT2D eigenvalue weighted by atomic mass is 32.2. The average Bonchev–Trinajstić information content (AvgIpc) is 3.25. The summed E-state index contributed by atoms with van der Waals surface area (Å²) in [5.74, 6) is 0.561. The van der Waals surface area contributed by atoms with Gasteiger partial charge in [-0.05, 0) is 65.9 Å². The van der Waals surface area contributed by atoms with Crippen molar-refractivity contribution in [2.45, 2.75) is 44.3 Å². The Bertz CT molecular complexity index is 1260. The standard InChI is InChI=1S/C30H33N3O4S/c1-3-4-5-6-18-37-26-16-14-24(15-17-26)31-29(35)33(2)25-9-7-8-23(20-25)22-12-10-21(11-13-22)19-27-28(34)32-30(36)38-27/h7-17,20,27H,3-6,18-19H2,1-2H3,(H,31,35)(H,32,34,36). The lowest BCUT2D eigenvalue weighted by Gasteiger charge is -2.19. The molecule has 1 saturated heterocycles. The van der Waals surface area contributed by atoms with Crippen LogP contribution in [0.1, 0.15) is 38.2 Å². The highest BCUT2D eigenvalue weighted by Gasteiger charge is 2.31. The maximum atomic E-state index is 12.9. The average molecular weight is 532 g/mol. The van der Waals surface area contributed by atoms with Gasteiger partial charge in [0, 0.05) is 18.4 Å². The minimum absolute atomic E-state index is 0.236. The van der Waals surface area contributed by atoms with Crippen LogP contribution in [-0.2, 0) is 11.2 Å². The summed E-state index contributed by atoms with van der Waals surface area (Å²) < 4.78 is 5.78. The number of carbonyl (C=O) groups excluding carboxylic acids is 3. The fourth-order valence-corrected chi connectivity index (χ4v) is 5.01. The SMILES string of the molecule is CCCCCCOc1ccc(NC(=O)N(C)c2cccc(-c3ccc(CC4SC(=O)NC4=O)cc3)c2)cc1. The molecule has 3 aromatic carbocycles. The number of nitrogens with one attached hydrogen (secondary N) is 2. The van der Waals surface area contributed by atoms with E-state index in [1.54, 1.807) is 11.9 Å². The Kier molecular flexibility index (Phi) is 9.43. The molecule has 1 aliphatic rings. The number of anilines is 2. The van der Waals surface area contributed by atoms with Crippen molar-refractivity contribution >= 4 is 40.3 Å². The number of rotatable bonds is 11. The van der Waals surface area contributed by atoms with Crippen LogP contribution in [0.3, 0.4) is 0 Å². The number of unbranched alkanes of at least 4 members (excludes halogenated alkanes) is 3. The number of hydrogen-bond acceptors (Lipinski definition) is 5. The van der Waals surface area contributed by atoms with Crippen LogP contribution in [0.5, 0.6) is 5.75 Å². The van der Waals surface area contributed by atoms with E-state index in [1.165, 1.54) is 19.3 Å². The van der Waals surface area contributed by atoms with E-state index in [-0.39, 0.29) is 22.4 Å². The molecule has 1 fully saturated rings. The van der Waals surface area contributed by atoms with Crippen LogP contribution in [-0.4, -0.2) is 36.1 Å². The molecule has 1 aliphatic heterocycles. The minimum atomic E-state index is -0.386. The van der Waals surface area contributed by atoms with E-state index in [9.17, 15) is 14.4 Å². The minimum Gasteiger partial charge on any atom is -0.494 e. The van der Waals surface area contributed by atoms with Crippen LogP contribution in [0.2, 0.25) is 0 Å². The van der Waals surface area contributed by atoms with Gasteiger partial charge in [-0.2, -0.15) is 0 Å². The predicted octanol–water partition coefficient (Wildman–Crippen LogP) is 6.88. The molecule has 7 nitrogen and oxygen atoms in total. The fraction of sp³-hybridized carbons (Fsp3) is 0.300. The number of ether oxygens (including phenoxy) is 1. The van der Waals surface area contributed by atoms with Crippen LogP contribution in [0, 0.1) is 0 Å². The monoisotopic (exact) mass is 531 g/mol. The van der Waals surface area contributed by atoms with Gasteiger partial charge in [-0.25, -0.2) is 4.79 Å². The highest BCUT2D eigenvalue weighted by Crippen LogP contribution is 2.27. The molecule has 0 saturated carbocycles. The molecular weight excluding hydrogens is 498 g/mol. The molecule has 38 heavy (non-hydrogen) atoms. The molecule has 0 spiro atoms. The topological polar surface area (TPSA) is 87.7 Å². The maximum absolute atomic E-state index is 12.9. The Morgan fingerprint density at radius 2 is 1.74 bits per heavy atom. The maximum Gasteiger partial charge on any atom is 0.326 e. The number of benzene rings is 3. The van der Waals surface area contributed by atoms with Gasteiger partial charge in [0.25, 0.3) is 5.24 Å². The molecule has 1 heterocycles. The van der Waals surface area contributed by atoms with Crippen molar-refractivity contribution in [3.05, 3.63) is 78.4 Å². The van der Waals surface area contributed by atoms with Crippen molar-refractivity contribution in [2.24, 2.45) is 0 Å². The van der Waals surface area contributed by atoms with E-state index in [0.29, 0.717) is 18.7 Å². The van der Waals surface area contributed by atoms with Crippen LogP contribution in [0.4, 0.5) is 21.0 Å². The second-order valence-corrected chi connectivity index (χ2v) is 10.4. The van der Waals surface area contributed by atoms with Gasteiger partial charge in [-0.15, -0.1) is 0 Å². The zero-order valence-corrected chi connectivity index (χ0v) is 22.6. The van der Waals surface area contributed by atoms with Gasteiger partial charge in [0.1, 0.15) is 5.75 Å². The molecule has 8 heteroatoms. The third-order valence-corrected chi connectivity index (χ3v) is 7.37. The Hall–Kier alpha value is -3.78. The van der Waals surface area contributed by atoms with Crippen LogP contribution in [0.25, 0.3) is 11.1 Å². The van der Waals surface area contributed by atoms with E-state index < -0.39 is 0 Å². The first-order valence-electron chi connectivity index (χ1n) is 12.9. The summed E-state index contributed by atoms with van der Waals surface area (Å²) in [4.78, 5) is 37.7. The van der Waals surface area contributed by atoms with Gasteiger partial charge < -0.3 is 10.1 Å². The van der Waals surface area contributed by atoms with Crippen LogP contribution in [0.15, 0.2) is 72.8 Å². The number of carbonyl (C=O) groups is 3. The largest absolute Gasteiger partial charge is 0.494 e. The molecule has 0 aromatic heterocycles. The number of amides is 4. The van der Waals surface area contributed by atoms with Gasteiger partial charge in [-0.3, -0.25) is 19.8 Å². The Balaban J connectivity index is 1.33. The van der Waals surface area contributed by atoms with Crippen molar-refractivity contribution < 1.29 is 19.1 Å². The van der Waals surface area contributed by atoms with Gasteiger partial charge in [-0.1, -0.05) is 74.3 Å². The third-order valence-electron chi connectivity index (χ3n) is 6.39.